The van der Waals surface area contributed by atoms with Gasteiger partial charge < -0.3 is 9.76 Å². The number of piperidine rings is 1. The highest BCUT2D eigenvalue weighted by atomic mass is 32.2. The Labute approximate surface area is 115 Å². The first-order chi connectivity index (χ1) is 9.10. The Bertz CT molecular complexity index is 482. The predicted molar refractivity (Wildman–Crippen MR) is 72.7 cm³/mol. The Morgan fingerprint density at radius 1 is 1.37 bits per heavy atom. The molecule has 1 heterocycles. The van der Waals surface area contributed by atoms with Gasteiger partial charge in [0.1, 0.15) is 0 Å². The molecule has 1 saturated heterocycles. The van der Waals surface area contributed by atoms with Crippen molar-refractivity contribution in [3.05, 3.63) is 35.9 Å². The van der Waals surface area contributed by atoms with Gasteiger partial charge in [-0.1, -0.05) is 35.5 Å². The van der Waals surface area contributed by atoms with E-state index in [1.165, 1.54) is 4.31 Å². The molecule has 1 atom stereocenters. The van der Waals surface area contributed by atoms with Gasteiger partial charge in [-0.15, -0.1) is 0 Å². The predicted octanol–water partition coefficient (Wildman–Crippen LogP) is 1.66. The van der Waals surface area contributed by atoms with E-state index in [4.69, 9.17) is 5.21 Å². The number of oxime groups is 1. The number of rotatable bonds is 3. The molecule has 0 bridgehead atoms. The van der Waals surface area contributed by atoms with Crippen molar-refractivity contribution in [2.45, 2.75) is 25.2 Å². The fourth-order valence-electron chi connectivity index (χ4n) is 2.73. The smallest absolute Gasteiger partial charge is 0.0646 e. The van der Waals surface area contributed by atoms with Crippen LogP contribution < -0.4 is 0 Å². The molecule has 1 aromatic carbocycles. The molecule has 1 N–H and O–H groups in total. The summed E-state index contributed by atoms with van der Waals surface area (Å²) in [5.74, 6) is 0. The molecule has 1 aliphatic heterocycles. The molecule has 1 fully saturated rings. The van der Waals surface area contributed by atoms with Crippen molar-refractivity contribution in [2.24, 2.45) is 5.16 Å². The molecule has 1 aliphatic rings. The summed E-state index contributed by atoms with van der Waals surface area (Å²) in [4.78, 5) is 0. The quantitative estimate of drug-likeness (QED) is 0.396. The second kappa shape index (κ2) is 5.81. The van der Waals surface area contributed by atoms with Crippen molar-refractivity contribution in [3.8, 4) is 0 Å². The van der Waals surface area contributed by atoms with Gasteiger partial charge in [-0.25, -0.2) is 4.31 Å². The van der Waals surface area contributed by atoms with Crippen molar-refractivity contribution < 1.29 is 14.0 Å². The Balaban J connectivity index is 2.32. The molecular formula is C13H17N2O3S-. The van der Waals surface area contributed by atoms with E-state index in [9.17, 15) is 8.76 Å². The van der Waals surface area contributed by atoms with Gasteiger partial charge in [0.15, 0.2) is 0 Å². The van der Waals surface area contributed by atoms with Crippen LogP contribution in [0.2, 0.25) is 0 Å². The van der Waals surface area contributed by atoms with Crippen LogP contribution in [-0.2, 0) is 16.7 Å². The van der Waals surface area contributed by atoms with Gasteiger partial charge in [-0.05, 0) is 25.3 Å². The van der Waals surface area contributed by atoms with Crippen LogP contribution in [0.5, 0.6) is 0 Å². The summed E-state index contributed by atoms with van der Waals surface area (Å²) in [5, 5.41) is 12.5. The van der Waals surface area contributed by atoms with E-state index in [1.807, 2.05) is 30.3 Å². The van der Waals surface area contributed by atoms with Gasteiger partial charge in [-0.3, -0.25) is 4.21 Å². The highest BCUT2D eigenvalue weighted by Gasteiger charge is 2.39. The van der Waals surface area contributed by atoms with Gasteiger partial charge in [-0.2, -0.15) is 0 Å². The topological polar surface area (TPSA) is 76.0 Å². The maximum Gasteiger partial charge on any atom is 0.0646 e. The summed E-state index contributed by atoms with van der Waals surface area (Å²) in [5.41, 5.74) is 1.34. The molecule has 0 amide bonds. The molecule has 5 nitrogen and oxygen atoms in total. The van der Waals surface area contributed by atoms with E-state index in [0.717, 1.165) is 5.56 Å². The summed E-state index contributed by atoms with van der Waals surface area (Å²) in [6, 6.07) is 9.82. The Morgan fingerprint density at radius 2 is 1.95 bits per heavy atom. The monoisotopic (exact) mass is 281 g/mol. The number of hydrogen-bond donors (Lipinski definition) is 1. The fourth-order valence-corrected chi connectivity index (χ4v) is 3.21. The van der Waals surface area contributed by atoms with Crippen molar-refractivity contribution in [1.29, 1.82) is 0 Å². The number of benzene rings is 1. The highest BCUT2D eigenvalue weighted by Crippen LogP contribution is 2.37. The Hall–Kier alpha value is -1.24. The summed E-state index contributed by atoms with van der Waals surface area (Å²) in [6.45, 7) is 2.67. The minimum atomic E-state index is -2.18. The summed E-state index contributed by atoms with van der Waals surface area (Å²) >= 11 is -2.18. The maximum atomic E-state index is 11.0. The average Bonchev–Trinajstić information content (AvgIpc) is 2.47. The van der Waals surface area contributed by atoms with Gasteiger partial charge >= 0.3 is 0 Å². The van der Waals surface area contributed by atoms with Crippen molar-refractivity contribution in [3.63, 3.8) is 0 Å². The van der Waals surface area contributed by atoms with Crippen LogP contribution in [0.1, 0.15) is 25.3 Å². The van der Waals surface area contributed by atoms with E-state index in [0.29, 0.717) is 31.6 Å². The third-order valence-electron chi connectivity index (χ3n) is 3.96. The second-order valence-electron chi connectivity index (χ2n) is 4.78. The molecule has 0 aliphatic carbocycles. The lowest BCUT2D eigenvalue weighted by molar-refractivity contribution is 0.264. The molecule has 0 radical (unpaired) electrons. The highest BCUT2D eigenvalue weighted by molar-refractivity contribution is 7.76. The third kappa shape index (κ3) is 2.70. The SMILES string of the molecule is C/C(=N\O)C1(c2ccccc2)CCN(S(=O)[O-])CC1. The minimum Gasteiger partial charge on any atom is -0.760 e. The van der Waals surface area contributed by atoms with Crippen LogP contribution in [0.15, 0.2) is 35.5 Å². The van der Waals surface area contributed by atoms with Crippen LogP contribution in [0.25, 0.3) is 0 Å². The average molecular weight is 281 g/mol. The van der Waals surface area contributed by atoms with E-state index < -0.39 is 11.3 Å². The lowest BCUT2D eigenvalue weighted by atomic mass is 9.70. The van der Waals surface area contributed by atoms with Gasteiger partial charge in [0.25, 0.3) is 0 Å². The fraction of sp³-hybridized carbons (Fsp3) is 0.462. The molecule has 1 aromatic rings. The molecule has 104 valence electrons. The van der Waals surface area contributed by atoms with Crippen LogP contribution in [0.3, 0.4) is 0 Å². The van der Waals surface area contributed by atoms with Crippen molar-refractivity contribution >= 4 is 17.0 Å². The Kier molecular flexibility index (Phi) is 4.34. The normalized spacial score (nSPS) is 22.1. The van der Waals surface area contributed by atoms with E-state index in [-0.39, 0.29) is 5.41 Å². The maximum absolute atomic E-state index is 11.0. The number of hydrogen-bond acceptors (Lipinski definition) is 4. The standard InChI is InChI=1S/C13H18N2O3S/c1-11(14-16)13(12-5-3-2-4-6-12)7-9-15(10-8-13)19(17)18/h2-6,16H,7-10H2,1H3,(H,17,18)/p-1/b14-11+. The van der Waals surface area contributed by atoms with Gasteiger partial charge in [0, 0.05) is 29.8 Å². The molecule has 2 rings (SSSR count). The molecule has 0 saturated carbocycles. The largest absolute Gasteiger partial charge is 0.760 e. The van der Waals surface area contributed by atoms with E-state index >= 15 is 0 Å². The van der Waals surface area contributed by atoms with Crippen molar-refractivity contribution in [1.82, 2.24) is 4.31 Å². The van der Waals surface area contributed by atoms with Crippen LogP contribution in [0.4, 0.5) is 0 Å². The minimum absolute atomic E-state index is 0.369. The Morgan fingerprint density at radius 3 is 2.42 bits per heavy atom. The third-order valence-corrected chi connectivity index (χ3v) is 4.74. The molecular weight excluding hydrogens is 264 g/mol. The first kappa shape index (κ1) is 14.2. The first-order valence-corrected chi connectivity index (χ1v) is 7.22. The second-order valence-corrected chi connectivity index (χ2v) is 5.73. The van der Waals surface area contributed by atoms with Crippen LogP contribution in [0, 0.1) is 0 Å². The summed E-state index contributed by atoms with van der Waals surface area (Å²) < 4.78 is 23.4. The zero-order chi connectivity index (χ0) is 13.9. The lowest BCUT2D eigenvalue weighted by Gasteiger charge is -2.42. The molecule has 6 heteroatoms. The lowest BCUT2D eigenvalue weighted by Crippen LogP contribution is -2.47. The van der Waals surface area contributed by atoms with E-state index in [1.54, 1.807) is 6.92 Å². The zero-order valence-corrected chi connectivity index (χ0v) is 11.6. The van der Waals surface area contributed by atoms with Crippen LogP contribution >= 0.6 is 0 Å². The summed E-state index contributed by atoms with van der Waals surface area (Å²) in [7, 11) is 0. The molecule has 19 heavy (non-hydrogen) atoms. The summed E-state index contributed by atoms with van der Waals surface area (Å²) in [6.07, 6.45) is 1.25. The molecule has 0 spiro atoms. The van der Waals surface area contributed by atoms with Gasteiger partial charge in [0.05, 0.1) is 5.71 Å². The molecule has 0 aromatic heterocycles. The van der Waals surface area contributed by atoms with Crippen molar-refractivity contribution in [2.75, 3.05) is 13.1 Å². The van der Waals surface area contributed by atoms with Crippen LogP contribution in [-0.4, -0.2) is 37.1 Å². The first-order valence-electron chi connectivity index (χ1n) is 6.19. The molecule has 1 unspecified atom stereocenters. The number of nitrogens with zero attached hydrogens (tertiary/aromatic N) is 2. The van der Waals surface area contributed by atoms with E-state index in [2.05, 4.69) is 5.16 Å². The van der Waals surface area contributed by atoms with Gasteiger partial charge in [0.2, 0.25) is 0 Å². The zero-order valence-electron chi connectivity index (χ0n) is 10.8.